The lowest BCUT2D eigenvalue weighted by Gasteiger charge is -2.42. The van der Waals surface area contributed by atoms with Crippen LogP contribution in [0.4, 0.5) is 0 Å². The standard InChI is InChI=1S/C13H16N4OS/c1-13(2)5-9(18)8(13)3-4-19-12-10-11(15-6-14-10)16-7-17-12/h6-8H,3-5H2,1-2H3,(H,14,15,16,17). The molecule has 19 heavy (non-hydrogen) atoms. The zero-order chi connectivity index (χ0) is 13.5. The Kier molecular flexibility index (Phi) is 3.05. The molecule has 5 nitrogen and oxygen atoms in total. The Balaban J connectivity index is 1.64. The Hall–Kier alpha value is -1.43. The number of imidazole rings is 1. The molecule has 2 aromatic rings. The Morgan fingerprint density at radius 3 is 3.00 bits per heavy atom. The van der Waals surface area contributed by atoms with Crippen molar-refractivity contribution in [2.75, 3.05) is 5.75 Å². The van der Waals surface area contributed by atoms with Crippen molar-refractivity contribution in [1.29, 1.82) is 0 Å². The van der Waals surface area contributed by atoms with Crippen molar-refractivity contribution in [3.8, 4) is 0 Å². The van der Waals surface area contributed by atoms with Gasteiger partial charge < -0.3 is 4.98 Å². The van der Waals surface area contributed by atoms with Gasteiger partial charge in [0.25, 0.3) is 0 Å². The highest BCUT2D eigenvalue weighted by atomic mass is 32.2. The average Bonchev–Trinajstić information content (AvgIpc) is 2.82. The first-order valence-corrected chi connectivity index (χ1v) is 7.36. The van der Waals surface area contributed by atoms with E-state index in [-0.39, 0.29) is 11.3 Å². The summed E-state index contributed by atoms with van der Waals surface area (Å²) in [6.45, 7) is 4.34. The second-order valence-electron chi connectivity index (χ2n) is 5.60. The molecule has 1 aliphatic carbocycles. The van der Waals surface area contributed by atoms with E-state index in [0.29, 0.717) is 11.4 Å². The van der Waals surface area contributed by atoms with Crippen LogP contribution in [0.5, 0.6) is 0 Å². The molecule has 1 unspecified atom stereocenters. The number of thioether (sulfide) groups is 1. The van der Waals surface area contributed by atoms with Crippen molar-refractivity contribution in [2.45, 2.75) is 31.7 Å². The van der Waals surface area contributed by atoms with E-state index in [1.807, 2.05) is 0 Å². The van der Waals surface area contributed by atoms with E-state index >= 15 is 0 Å². The second kappa shape index (κ2) is 4.59. The van der Waals surface area contributed by atoms with E-state index in [4.69, 9.17) is 0 Å². The summed E-state index contributed by atoms with van der Waals surface area (Å²) in [5.41, 5.74) is 1.75. The molecule has 0 amide bonds. The minimum Gasteiger partial charge on any atom is -0.341 e. The summed E-state index contributed by atoms with van der Waals surface area (Å²) in [5.74, 6) is 1.50. The van der Waals surface area contributed by atoms with Crippen molar-refractivity contribution in [3.05, 3.63) is 12.7 Å². The van der Waals surface area contributed by atoms with Gasteiger partial charge in [-0.15, -0.1) is 11.8 Å². The largest absolute Gasteiger partial charge is 0.341 e. The SMILES string of the molecule is CC1(C)CC(=O)C1CCSc1ncnc2nc[nH]c12. The summed E-state index contributed by atoms with van der Waals surface area (Å²) in [4.78, 5) is 27.1. The van der Waals surface area contributed by atoms with E-state index in [1.54, 1.807) is 18.1 Å². The van der Waals surface area contributed by atoms with E-state index in [0.717, 1.165) is 29.1 Å². The average molecular weight is 276 g/mol. The Labute approximate surface area is 115 Å². The molecule has 0 spiro atoms. The highest BCUT2D eigenvalue weighted by Gasteiger charge is 2.45. The van der Waals surface area contributed by atoms with Crippen LogP contribution in [-0.4, -0.2) is 31.5 Å². The first kappa shape index (κ1) is 12.6. The summed E-state index contributed by atoms with van der Waals surface area (Å²) in [5, 5.41) is 0.909. The lowest BCUT2D eigenvalue weighted by Crippen LogP contribution is -2.44. The van der Waals surface area contributed by atoms with E-state index in [9.17, 15) is 4.79 Å². The minimum atomic E-state index is 0.173. The number of rotatable bonds is 4. The van der Waals surface area contributed by atoms with Crippen molar-refractivity contribution in [3.63, 3.8) is 0 Å². The number of carbonyl (C=O) groups excluding carboxylic acids is 1. The van der Waals surface area contributed by atoms with Gasteiger partial charge in [-0.2, -0.15) is 0 Å². The molecule has 1 N–H and O–H groups in total. The van der Waals surface area contributed by atoms with Gasteiger partial charge in [0.2, 0.25) is 0 Å². The number of nitrogens with one attached hydrogen (secondary N) is 1. The molecule has 0 bridgehead atoms. The molecule has 100 valence electrons. The third kappa shape index (κ3) is 2.25. The van der Waals surface area contributed by atoms with Gasteiger partial charge in [-0.05, 0) is 11.8 Å². The Morgan fingerprint density at radius 2 is 2.26 bits per heavy atom. The highest BCUT2D eigenvalue weighted by Crippen LogP contribution is 2.45. The molecule has 2 heterocycles. The predicted molar refractivity (Wildman–Crippen MR) is 73.9 cm³/mol. The molecule has 0 saturated heterocycles. The van der Waals surface area contributed by atoms with Gasteiger partial charge >= 0.3 is 0 Å². The van der Waals surface area contributed by atoms with Crippen LogP contribution in [-0.2, 0) is 4.79 Å². The number of hydrogen-bond donors (Lipinski definition) is 1. The molecule has 1 saturated carbocycles. The van der Waals surface area contributed by atoms with Crippen LogP contribution in [0.15, 0.2) is 17.7 Å². The van der Waals surface area contributed by atoms with Crippen LogP contribution in [0, 0.1) is 11.3 Å². The van der Waals surface area contributed by atoms with E-state index < -0.39 is 0 Å². The number of fused-ring (bicyclic) bond motifs is 1. The fraction of sp³-hybridized carbons (Fsp3) is 0.538. The maximum Gasteiger partial charge on any atom is 0.181 e. The molecule has 1 fully saturated rings. The molecule has 1 aliphatic rings. The number of nitrogens with zero attached hydrogens (tertiary/aromatic N) is 3. The van der Waals surface area contributed by atoms with Crippen molar-refractivity contribution in [2.24, 2.45) is 11.3 Å². The zero-order valence-corrected chi connectivity index (χ0v) is 11.8. The van der Waals surface area contributed by atoms with Gasteiger partial charge in [-0.3, -0.25) is 4.79 Å². The molecule has 1 atom stereocenters. The summed E-state index contributed by atoms with van der Waals surface area (Å²) in [6.07, 6.45) is 4.79. The molecule has 2 aromatic heterocycles. The van der Waals surface area contributed by atoms with Crippen LogP contribution in [0.3, 0.4) is 0 Å². The van der Waals surface area contributed by atoms with Crippen molar-refractivity contribution in [1.82, 2.24) is 19.9 Å². The fourth-order valence-corrected chi connectivity index (χ4v) is 3.64. The fourth-order valence-electron chi connectivity index (χ4n) is 2.68. The smallest absolute Gasteiger partial charge is 0.181 e. The van der Waals surface area contributed by atoms with Gasteiger partial charge in [0.1, 0.15) is 22.7 Å². The molecule has 0 aromatic carbocycles. The Bertz CT molecular complexity index is 622. The van der Waals surface area contributed by atoms with Crippen molar-refractivity contribution >= 4 is 28.7 Å². The van der Waals surface area contributed by atoms with Gasteiger partial charge in [-0.1, -0.05) is 13.8 Å². The number of ketones is 1. The minimum absolute atomic E-state index is 0.173. The molecular formula is C13H16N4OS. The quantitative estimate of drug-likeness (QED) is 0.686. The molecule has 3 rings (SSSR count). The first-order valence-electron chi connectivity index (χ1n) is 6.37. The highest BCUT2D eigenvalue weighted by molar-refractivity contribution is 7.99. The van der Waals surface area contributed by atoms with Crippen LogP contribution in [0.2, 0.25) is 0 Å². The number of H-pyrrole nitrogens is 1. The lowest BCUT2D eigenvalue weighted by atomic mass is 9.60. The Morgan fingerprint density at radius 1 is 1.42 bits per heavy atom. The molecule has 0 radical (unpaired) electrons. The molecule has 0 aliphatic heterocycles. The van der Waals surface area contributed by atoms with E-state index in [1.165, 1.54) is 6.33 Å². The van der Waals surface area contributed by atoms with Gasteiger partial charge in [0, 0.05) is 18.1 Å². The normalized spacial score (nSPS) is 21.6. The van der Waals surface area contributed by atoms with Crippen LogP contribution in [0.1, 0.15) is 26.7 Å². The third-order valence-corrected chi connectivity index (χ3v) is 4.82. The maximum absolute atomic E-state index is 11.6. The monoisotopic (exact) mass is 276 g/mol. The van der Waals surface area contributed by atoms with Crippen molar-refractivity contribution < 1.29 is 4.79 Å². The maximum atomic E-state index is 11.6. The summed E-state index contributed by atoms with van der Waals surface area (Å²) in [7, 11) is 0. The van der Waals surface area contributed by atoms with Gasteiger partial charge in [-0.25, -0.2) is 15.0 Å². The number of Topliss-reactive ketones (excluding diaryl/α,β-unsaturated/α-hetero) is 1. The van der Waals surface area contributed by atoms with Gasteiger partial charge in [0.15, 0.2) is 5.65 Å². The lowest BCUT2D eigenvalue weighted by molar-refractivity contribution is -0.140. The van der Waals surface area contributed by atoms with Crippen LogP contribution < -0.4 is 0 Å². The summed E-state index contributed by atoms with van der Waals surface area (Å²) < 4.78 is 0. The third-order valence-electron chi connectivity index (χ3n) is 3.80. The molecular weight excluding hydrogens is 260 g/mol. The summed E-state index contributed by atoms with van der Waals surface area (Å²) >= 11 is 1.66. The number of carbonyl (C=O) groups is 1. The number of aromatic amines is 1. The van der Waals surface area contributed by atoms with Crippen LogP contribution >= 0.6 is 11.8 Å². The number of aromatic nitrogens is 4. The zero-order valence-electron chi connectivity index (χ0n) is 11.0. The predicted octanol–water partition coefficient (Wildman–Crippen LogP) is 2.45. The second-order valence-corrected chi connectivity index (χ2v) is 6.68. The molecule has 6 heteroatoms. The number of hydrogen-bond acceptors (Lipinski definition) is 5. The van der Waals surface area contributed by atoms with Gasteiger partial charge in [0.05, 0.1) is 6.33 Å². The topological polar surface area (TPSA) is 71.5 Å². The summed E-state index contributed by atoms with van der Waals surface area (Å²) in [6, 6.07) is 0. The first-order chi connectivity index (χ1) is 9.08. The van der Waals surface area contributed by atoms with Crippen LogP contribution in [0.25, 0.3) is 11.2 Å². The van der Waals surface area contributed by atoms with E-state index in [2.05, 4.69) is 33.8 Å².